The van der Waals surface area contributed by atoms with Crippen molar-refractivity contribution < 1.29 is 9.59 Å². The molecule has 158 valence electrons. The smallest absolute Gasteiger partial charge is 0.276 e. The molecule has 2 heterocycles. The summed E-state index contributed by atoms with van der Waals surface area (Å²) < 4.78 is 1.78. The average molecular weight is 421 g/mol. The molecule has 1 aliphatic heterocycles. The van der Waals surface area contributed by atoms with Crippen molar-refractivity contribution in [2.75, 3.05) is 25.0 Å². The van der Waals surface area contributed by atoms with Gasteiger partial charge in [-0.15, -0.1) is 17.5 Å². The number of nitrogens with zero attached hydrogens (tertiary/aromatic N) is 4. The highest BCUT2D eigenvalue weighted by atomic mass is 35.5. The third kappa shape index (κ3) is 5.77. The first-order chi connectivity index (χ1) is 13.6. The van der Waals surface area contributed by atoms with Crippen molar-refractivity contribution in [3.63, 3.8) is 0 Å². The van der Waals surface area contributed by atoms with Crippen LogP contribution in [0.4, 0.5) is 5.69 Å². The van der Waals surface area contributed by atoms with Crippen molar-refractivity contribution in [3.8, 4) is 0 Å². The average Bonchev–Trinajstić information content (AvgIpc) is 3.23. The molecule has 0 saturated carbocycles. The SMILES string of the molecule is CCCN(C(=O)c1cn(C2CCNCC2)nn1)C(C)C(=O)Nc1ccccc1.Cl. The van der Waals surface area contributed by atoms with Gasteiger partial charge in [-0.25, -0.2) is 4.68 Å². The molecule has 1 aromatic carbocycles. The van der Waals surface area contributed by atoms with Gasteiger partial charge in [-0.3, -0.25) is 9.59 Å². The summed E-state index contributed by atoms with van der Waals surface area (Å²) in [5.74, 6) is -0.489. The maximum Gasteiger partial charge on any atom is 0.276 e. The second-order valence-corrected chi connectivity index (χ2v) is 7.09. The quantitative estimate of drug-likeness (QED) is 0.718. The summed E-state index contributed by atoms with van der Waals surface area (Å²) in [6.45, 7) is 6.07. The Kier molecular flexibility index (Phi) is 8.60. The number of anilines is 1. The van der Waals surface area contributed by atoms with Gasteiger partial charge in [0.15, 0.2) is 5.69 Å². The number of hydrogen-bond donors (Lipinski definition) is 2. The standard InChI is InChI=1S/C20H28N6O2.ClH/c1-3-13-25(15(2)19(27)22-16-7-5-4-6-8-16)20(28)18-14-26(24-23-18)17-9-11-21-12-10-17;/h4-8,14-15,17,21H,3,9-13H2,1-2H3,(H,22,27);1H. The molecule has 1 aliphatic rings. The van der Waals surface area contributed by atoms with Crippen LogP contribution >= 0.6 is 12.4 Å². The Morgan fingerprint density at radius 2 is 1.97 bits per heavy atom. The summed E-state index contributed by atoms with van der Waals surface area (Å²) in [4.78, 5) is 27.3. The molecule has 1 unspecified atom stereocenters. The van der Waals surface area contributed by atoms with Crippen molar-refractivity contribution in [2.24, 2.45) is 0 Å². The van der Waals surface area contributed by atoms with Gasteiger partial charge in [0, 0.05) is 12.2 Å². The summed E-state index contributed by atoms with van der Waals surface area (Å²) in [6, 6.07) is 8.88. The molecule has 0 aliphatic carbocycles. The van der Waals surface area contributed by atoms with E-state index in [0.717, 1.165) is 32.4 Å². The Bertz CT molecular complexity index is 791. The van der Waals surface area contributed by atoms with Crippen LogP contribution in [-0.2, 0) is 4.79 Å². The Labute approximate surface area is 177 Å². The number of halogens is 1. The third-order valence-electron chi connectivity index (χ3n) is 5.03. The monoisotopic (exact) mass is 420 g/mol. The lowest BCUT2D eigenvalue weighted by atomic mass is 10.1. The molecule has 0 spiro atoms. The van der Waals surface area contributed by atoms with Crippen LogP contribution < -0.4 is 10.6 Å². The minimum atomic E-state index is -0.614. The van der Waals surface area contributed by atoms with Crippen molar-refractivity contribution in [2.45, 2.75) is 45.2 Å². The fourth-order valence-corrected chi connectivity index (χ4v) is 3.39. The molecular formula is C20H29ClN6O2. The van der Waals surface area contributed by atoms with E-state index in [4.69, 9.17) is 0 Å². The van der Waals surface area contributed by atoms with Gasteiger partial charge in [0.25, 0.3) is 5.91 Å². The first-order valence-electron chi connectivity index (χ1n) is 9.89. The number of piperidine rings is 1. The molecule has 2 aromatic rings. The number of carbonyl (C=O) groups excluding carboxylic acids is 2. The Hall–Kier alpha value is -2.45. The second-order valence-electron chi connectivity index (χ2n) is 7.09. The van der Waals surface area contributed by atoms with E-state index in [-0.39, 0.29) is 36.0 Å². The van der Waals surface area contributed by atoms with E-state index in [9.17, 15) is 9.59 Å². The molecule has 1 aromatic heterocycles. The van der Waals surface area contributed by atoms with Gasteiger partial charge in [0.2, 0.25) is 5.91 Å². The largest absolute Gasteiger partial charge is 0.325 e. The molecule has 8 nitrogen and oxygen atoms in total. The number of aromatic nitrogens is 3. The van der Waals surface area contributed by atoms with Crippen molar-refractivity contribution in [3.05, 3.63) is 42.2 Å². The number of carbonyl (C=O) groups is 2. The van der Waals surface area contributed by atoms with Crippen molar-refractivity contribution >= 4 is 29.9 Å². The normalized spacial score (nSPS) is 15.2. The molecule has 0 bridgehead atoms. The lowest BCUT2D eigenvalue weighted by molar-refractivity contribution is -0.120. The topological polar surface area (TPSA) is 92.2 Å². The van der Waals surface area contributed by atoms with Gasteiger partial charge in [0.05, 0.1) is 12.2 Å². The van der Waals surface area contributed by atoms with Gasteiger partial charge in [-0.2, -0.15) is 0 Å². The molecule has 0 radical (unpaired) electrons. The highest BCUT2D eigenvalue weighted by Crippen LogP contribution is 2.18. The fourth-order valence-electron chi connectivity index (χ4n) is 3.39. The minimum Gasteiger partial charge on any atom is -0.325 e. The lowest BCUT2D eigenvalue weighted by Crippen LogP contribution is -2.46. The van der Waals surface area contributed by atoms with Crippen LogP contribution in [0.1, 0.15) is 49.6 Å². The molecule has 29 heavy (non-hydrogen) atoms. The molecule has 2 amide bonds. The van der Waals surface area contributed by atoms with Crippen LogP contribution in [0.3, 0.4) is 0 Å². The molecule has 1 fully saturated rings. The van der Waals surface area contributed by atoms with E-state index in [0.29, 0.717) is 12.2 Å². The number of nitrogens with one attached hydrogen (secondary N) is 2. The Morgan fingerprint density at radius 3 is 2.62 bits per heavy atom. The van der Waals surface area contributed by atoms with Gasteiger partial charge < -0.3 is 15.5 Å². The second kappa shape index (κ2) is 10.9. The minimum absolute atomic E-state index is 0. The van der Waals surface area contributed by atoms with Crippen LogP contribution in [-0.4, -0.2) is 57.4 Å². The first kappa shape index (κ1) is 22.8. The van der Waals surface area contributed by atoms with Crippen molar-refractivity contribution in [1.82, 2.24) is 25.2 Å². The van der Waals surface area contributed by atoms with E-state index in [1.807, 2.05) is 37.3 Å². The Morgan fingerprint density at radius 1 is 1.28 bits per heavy atom. The zero-order chi connectivity index (χ0) is 19.9. The first-order valence-corrected chi connectivity index (χ1v) is 9.89. The number of rotatable bonds is 7. The van der Waals surface area contributed by atoms with Crippen LogP contribution in [0.25, 0.3) is 0 Å². The maximum atomic E-state index is 13.0. The highest BCUT2D eigenvalue weighted by molar-refractivity contribution is 6.00. The number of hydrogen-bond acceptors (Lipinski definition) is 5. The highest BCUT2D eigenvalue weighted by Gasteiger charge is 2.28. The fraction of sp³-hybridized carbons (Fsp3) is 0.500. The van der Waals surface area contributed by atoms with Gasteiger partial charge in [0.1, 0.15) is 6.04 Å². The summed E-state index contributed by atoms with van der Waals surface area (Å²) in [6.07, 6.45) is 4.39. The van der Waals surface area contributed by atoms with Crippen LogP contribution in [0.5, 0.6) is 0 Å². The van der Waals surface area contributed by atoms with E-state index < -0.39 is 6.04 Å². The van der Waals surface area contributed by atoms with Crippen molar-refractivity contribution in [1.29, 1.82) is 0 Å². The number of para-hydroxylation sites is 1. The van der Waals surface area contributed by atoms with Gasteiger partial charge >= 0.3 is 0 Å². The zero-order valence-electron chi connectivity index (χ0n) is 16.9. The number of benzene rings is 1. The van der Waals surface area contributed by atoms with E-state index in [2.05, 4.69) is 20.9 Å². The Balaban J connectivity index is 0.00000300. The third-order valence-corrected chi connectivity index (χ3v) is 5.03. The van der Waals surface area contributed by atoms with E-state index in [1.54, 1.807) is 22.7 Å². The summed E-state index contributed by atoms with van der Waals surface area (Å²) in [5, 5.41) is 14.4. The van der Waals surface area contributed by atoms with Gasteiger partial charge in [-0.1, -0.05) is 30.3 Å². The molecule has 3 rings (SSSR count). The summed E-state index contributed by atoms with van der Waals surface area (Å²) in [7, 11) is 0. The van der Waals surface area contributed by atoms with Crippen LogP contribution in [0, 0.1) is 0 Å². The molecular weight excluding hydrogens is 392 g/mol. The molecule has 9 heteroatoms. The predicted molar refractivity (Wildman–Crippen MR) is 114 cm³/mol. The molecule has 1 saturated heterocycles. The molecule has 1 atom stereocenters. The van der Waals surface area contributed by atoms with Gasteiger partial charge in [-0.05, 0) is 51.4 Å². The molecule has 2 N–H and O–H groups in total. The maximum absolute atomic E-state index is 13.0. The summed E-state index contributed by atoms with van der Waals surface area (Å²) in [5.41, 5.74) is 0.992. The zero-order valence-corrected chi connectivity index (χ0v) is 17.7. The lowest BCUT2D eigenvalue weighted by Gasteiger charge is -2.27. The summed E-state index contributed by atoms with van der Waals surface area (Å²) >= 11 is 0. The van der Waals surface area contributed by atoms with Crippen LogP contribution in [0.2, 0.25) is 0 Å². The predicted octanol–water partition coefficient (Wildman–Crippen LogP) is 2.50. The van der Waals surface area contributed by atoms with E-state index >= 15 is 0 Å². The number of amides is 2. The van der Waals surface area contributed by atoms with E-state index in [1.165, 1.54) is 0 Å². The van der Waals surface area contributed by atoms with Crippen LogP contribution in [0.15, 0.2) is 36.5 Å².